The maximum atomic E-state index is 13.8. The molecular formula is C28H20F3N4OP. The van der Waals surface area contributed by atoms with E-state index in [9.17, 15) is 13.2 Å². The van der Waals surface area contributed by atoms with Crippen LogP contribution in [0.4, 0.5) is 19.1 Å². The largest absolute Gasteiger partial charge is 0.438 e. The molecule has 0 radical (unpaired) electrons. The minimum Gasteiger partial charge on any atom is -0.416 e. The van der Waals surface area contributed by atoms with Gasteiger partial charge in [0.1, 0.15) is 0 Å². The first-order chi connectivity index (χ1) is 18.0. The van der Waals surface area contributed by atoms with Crippen LogP contribution in [0.5, 0.6) is 0 Å². The van der Waals surface area contributed by atoms with Crippen LogP contribution in [0.2, 0.25) is 0 Å². The van der Waals surface area contributed by atoms with Gasteiger partial charge in [0.2, 0.25) is 11.6 Å². The molecule has 5 rings (SSSR count). The van der Waals surface area contributed by atoms with Crippen molar-refractivity contribution in [2.75, 3.05) is 0 Å². The number of rotatable bonds is 6. The van der Waals surface area contributed by atoms with Gasteiger partial charge in [-0.3, -0.25) is 0 Å². The molecule has 9 heteroatoms. The molecule has 0 atom stereocenters. The lowest BCUT2D eigenvalue weighted by atomic mass is 10.2. The normalized spacial score (nSPS) is 12.1. The molecule has 0 bridgehead atoms. The highest BCUT2D eigenvalue weighted by molar-refractivity contribution is 7.87. The number of nitrogens with zero attached hydrogens (tertiary/aromatic N) is 4. The predicted octanol–water partition coefficient (Wildman–Crippen LogP) is 7.54. The third kappa shape index (κ3) is 5.01. The van der Waals surface area contributed by atoms with Crippen molar-refractivity contribution in [3.63, 3.8) is 0 Å². The van der Waals surface area contributed by atoms with E-state index in [1.54, 1.807) is 30.3 Å². The van der Waals surface area contributed by atoms with Crippen LogP contribution in [0.15, 0.2) is 141 Å². The Bertz CT molecular complexity index is 1450. The molecule has 1 heterocycles. The van der Waals surface area contributed by atoms with Crippen LogP contribution in [0.1, 0.15) is 5.69 Å². The molecule has 0 N–H and O–H groups in total. The second kappa shape index (κ2) is 10.4. The fraction of sp³-hybridized carbons (Fsp3) is 0.0357. The Morgan fingerprint density at radius 2 is 1.05 bits per heavy atom. The van der Waals surface area contributed by atoms with E-state index in [1.807, 2.05) is 91.0 Å². The molecule has 0 fully saturated rings. The lowest BCUT2D eigenvalue weighted by Crippen LogP contribution is -2.25. The monoisotopic (exact) mass is 516 g/mol. The fourth-order valence-electron chi connectivity index (χ4n) is 3.92. The number of hydrogen-bond acceptors (Lipinski definition) is 3. The summed E-state index contributed by atoms with van der Waals surface area (Å²) in [5.74, 6) is -0.945. The number of alkyl halides is 3. The van der Waals surface area contributed by atoms with Crippen molar-refractivity contribution >= 4 is 28.9 Å². The van der Waals surface area contributed by atoms with Gasteiger partial charge in [-0.25, -0.2) is 4.98 Å². The van der Waals surface area contributed by atoms with Gasteiger partial charge in [-0.2, -0.15) is 13.2 Å². The molecule has 0 aliphatic carbocycles. The topological polar surface area (TPSA) is 63.1 Å². The van der Waals surface area contributed by atoms with Crippen LogP contribution in [0.25, 0.3) is 11.5 Å². The second-order valence-electron chi connectivity index (χ2n) is 7.96. The zero-order valence-electron chi connectivity index (χ0n) is 19.3. The summed E-state index contributed by atoms with van der Waals surface area (Å²) in [5, 5.41) is 10.4. The van der Waals surface area contributed by atoms with E-state index in [0.29, 0.717) is 5.56 Å². The van der Waals surface area contributed by atoms with Gasteiger partial charge < -0.3 is 4.42 Å². The van der Waals surface area contributed by atoms with Gasteiger partial charge in [-0.1, -0.05) is 114 Å². The first-order valence-corrected chi connectivity index (χ1v) is 13.1. The summed E-state index contributed by atoms with van der Waals surface area (Å²) in [6.45, 7) is 0. The van der Waals surface area contributed by atoms with Gasteiger partial charge in [0.25, 0.3) is 5.88 Å². The van der Waals surface area contributed by atoms with Crippen molar-refractivity contribution in [1.82, 2.24) is 4.98 Å². The van der Waals surface area contributed by atoms with Gasteiger partial charge in [0.15, 0.2) is 0 Å². The number of hydrogen-bond donors (Lipinski definition) is 0. The summed E-state index contributed by atoms with van der Waals surface area (Å²) in [7, 11) is -2.78. The molecule has 5 aromatic rings. The van der Waals surface area contributed by atoms with Gasteiger partial charge in [0, 0.05) is 21.5 Å². The predicted molar refractivity (Wildman–Crippen MR) is 139 cm³/mol. The standard InChI is InChI=1S/C28H20F3N4OP/c29-28(30,31)25-27(36-26(32-25)21-13-5-1-6-14-21)33-34-35-37(22-15-7-2-8-16-22,23-17-9-3-10-18-23)24-19-11-4-12-20-24/h1-20H/b34-33+. The summed E-state index contributed by atoms with van der Waals surface area (Å²) in [6.07, 6.45) is -4.78. The Kier molecular flexibility index (Phi) is 6.84. The minimum absolute atomic E-state index is 0.197. The van der Waals surface area contributed by atoms with Crippen LogP contribution < -0.4 is 15.9 Å². The first-order valence-electron chi connectivity index (χ1n) is 11.3. The average Bonchev–Trinajstić information content (AvgIpc) is 3.38. The number of halogens is 3. The summed E-state index contributed by atoms with van der Waals surface area (Å²) < 4.78 is 46.8. The number of aromatic nitrogens is 1. The summed E-state index contributed by atoms with van der Waals surface area (Å²) in [5.41, 5.74) is -0.862. The molecular weight excluding hydrogens is 496 g/mol. The maximum Gasteiger partial charge on any atom is 0.438 e. The van der Waals surface area contributed by atoms with Crippen molar-refractivity contribution in [2.24, 2.45) is 15.2 Å². The van der Waals surface area contributed by atoms with E-state index in [2.05, 4.69) is 20.2 Å². The Morgan fingerprint density at radius 3 is 1.49 bits per heavy atom. The van der Waals surface area contributed by atoms with Crippen molar-refractivity contribution < 1.29 is 17.6 Å². The van der Waals surface area contributed by atoms with Crippen LogP contribution >= 0.6 is 7.05 Å². The average molecular weight is 516 g/mol. The zero-order chi connectivity index (χ0) is 25.7. The summed E-state index contributed by atoms with van der Waals surface area (Å²) in [6, 6.07) is 37.0. The fourth-order valence-corrected chi connectivity index (χ4v) is 7.10. The van der Waals surface area contributed by atoms with Crippen molar-refractivity contribution in [3.05, 3.63) is 127 Å². The van der Waals surface area contributed by atoms with Gasteiger partial charge in [0.05, 0.1) is 7.05 Å². The van der Waals surface area contributed by atoms with Crippen molar-refractivity contribution in [2.45, 2.75) is 6.18 Å². The molecule has 0 aliphatic rings. The number of benzene rings is 4. The van der Waals surface area contributed by atoms with Gasteiger partial charge >= 0.3 is 6.18 Å². The highest BCUT2D eigenvalue weighted by Gasteiger charge is 2.39. The zero-order valence-corrected chi connectivity index (χ0v) is 20.2. The highest BCUT2D eigenvalue weighted by atomic mass is 31.2. The van der Waals surface area contributed by atoms with Gasteiger partial charge in [-0.15, -0.1) is 4.85 Å². The lowest BCUT2D eigenvalue weighted by molar-refractivity contribution is -0.140. The lowest BCUT2D eigenvalue weighted by Gasteiger charge is -2.24. The molecule has 4 aromatic carbocycles. The van der Waals surface area contributed by atoms with E-state index in [4.69, 9.17) is 4.42 Å². The van der Waals surface area contributed by atoms with E-state index >= 15 is 0 Å². The molecule has 5 nitrogen and oxygen atoms in total. The van der Waals surface area contributed by atoms with E-state index in [1.165, 1.54) is 0 Å². The minimum atomic E-state index is -4.78. The highest BCUT2D eigenvalue weighted by Crippen LogP contribution is 2.47. The van der Waals surface area contributed by atoms with E-state index in [0.717, 1.165) is 15.9 Å². The Morgan fingerprint density at radius 1 is 0.622 bits per heavy atom. The van der Waals surface area contributed by atoms with Crippen molar-refractivity contribution in [3.8, 4) is 11.5 Å². The maximum absolute atomic E-state index is 13.8. The van der Waals surface area contributed by atoms with Crippen LogP contribution in [-0.4, -0.2) is 4.98 Å². The third-order valence-corrected chi connectivity index (χ3v) is 9.08. The summed E-state index contributed by atoms with van der Waals surface area (Å²) >= 11 is 0. The molecule has 184 valence electrons. The molecule has 37 heavy (non-hydrogen) atoms. The Hall–Kier alpha value is -4.29. The number of oxazole rings is 1. The SMILES string of the molecule is FC(F)(F)c1nc(-c2ccccc2)oc1/N=N/N=P(c1ccccc1)(c1ccccc1)c1ccccc1. The quantitative estimate of drug-likeness (QED) is 0.133. The van der Waals surface area contributed by atoms with Crippen LogP contribution in [0.3, 0.4) is 0 Å². The molecule has 0 spiro atoms. The molecule has 1 aromatic heterocycles. The third-order valence-electron chi connectivity index (χ3n) is 5.60. The smallest absolute Gasteiger partial charge is 0.416 e. The van der Waals surface area contributed by atoms with Crippen molar-refractivity contribution in [1.29, 1.82) is 0 Å². The molecule has 0 saturated heterocycles. The Balaban J connectivity index is 1.71. The molecule has 0 unspecified atom stereocenters. The second-order valence-corrected chi connectivity index (χ2v) is 11.0. The van der Waals surface area contributed by atoms with Gasteiger partial charge in [-0.05, 0) is 17.4 Å². The molecule has 0 saturated carbocycles. The first kappa shape index (κ1) is 24.4. The van der Waals surface area contributed by atoms with Crippen LogP contribution in [0, 0.1) is 0 Å². The summed E-state index contributed by atoms with van der Waals surface area (Å²) in [4.78, 5) is 8.34. The Labute approximate surface area is 211 Å². The van der Waals surface area contributed by atoms with E-state index < -0.39 is 24.8 Å². The molecule has 0 amide bonds. The van der Waals surface area contributed by atoms with Crippen LogP contribution in [-0.2, 0) is 6.18 Å². The van der Waals surface area contributed by atoms with E-state index in [-0.39, 0.29) is 5.89 Å². The molecule has 0 aliphatic heterocycles.